The molecule has 14 heavy (non-hydrogen) atoms. The van der Waals surface area contributed by atoms with Crippen molar-refractivity contribution in [2.24, 2.45) is 11.1 Å². The van der Waals surface area contributed by atoms with Crippen molar-refractivity contribution in [3.8, 4) is 0 Å². The van der Waals surface area contributed by atoms with Gasteiger partial charge in [0.15, 0.2) is 6.10 Å². The molecule has 6 nitrogen and oxygen atoms in total. The van der Waals surface area contributed by atoms with E-state index in [0.717, 1.165) is 6.26 Å². The van der Waals surface area contributed by atoms with Crippen molar-refractivity contribution >= 4 is 16.0 Å². The first-order valence-corrected chi connectivity index (χ1v) is 5.70. The lowest BCUT2D eigenvalue weighted by atomic mass is 9.87. The second kappa shape index (κ2) is 4.24. The minimum Gasteiger partial charge on any atom is -0.396 e. The lowest BCUT2D eigenvalue weighted by Gasteiger charge is -2.28. The lowest BCUT2D eigenvalue weighted by molar-refractivity contribution is -0.131. The predicted octanol–water partition coefficient (Wildman–Crippen LogP) is -1.16. The normalized spacial score (nSPS) is 15.1. The molecule has 0 heterocycles. The predicted molar refractivity (Wildman–Crippen MR) is 49.8 cm³/mol. The number of nitrogens with two attached hydrogens (primary N) is 1. The van der Waals surface area contributed by atoms with Crippen LogP contribution in [0.15, 0.2) is 0 Å². The highest BCUT2D eigenvalue weighted by molar-refractivity contribution is 7.86. The van der Waals surface area contributed by atoms with E-state index < -0.39 is 34.2 Å². The van der Waals surface area contributed by atoms with Crippen LogP contribution in [0.25, 0.3) is 0 Å². The van der Waals surface area contributed by atoms with Crippen LogP contribution in [0.2, 0.25) is 0 Å². The number of carbonyl (C=O) groups is 1. The molecular weight excluding hydrogens is 210 g/mol. The standard InChI is InChI=1S/C7H15NO5S/c1-7(2,4-9)5(6(8)10)13-14(3,11)12/h5,9H,4H2,1-3H3,(H2,8,10)/t5-/m1/s1. The van der Waals surface area contributed by atoms with E-state index >= 15 is 0 Å². The summed E-state index contributed by atoms with van der Waals surface area (Å²) in [4.78, 5) is 10.9. The maximum Gasteiger partial charge on any atom is 0.265 e. The van der Waals surface area contributed by atoms with Crippen LogP contribution in [0, 0.1) is 5.41 Å². The summed E-state index contributed by atoms with van der Waals surface area (Å²) in [6, 6.07) is 0. The fourth-order valence-electron chi connectivity index (χ4n) is 0.820. The van der Waals surface area contributed by atoms with Gasteiger partial charge in [-0.1, -0.05) is 13.8 Å². The summed E-state index contributed by atoms with van der Waals surface area (Å²) in [5, 5.41) is 8.93. The van der Waals surface area contributed by atoms with Crippen LogP contribution in [0.1, 0.15) is 13.8 Å². The highest BCUT2D eigenvalue weighted by Crippen LogP contribution is 2.23. The summed E-state index contributed by atoms with van der Waals surface area (Å²) in [6.07, 6.45) is -0.543. The molecule has 0 saturated heterocycles. The molecule has 0 saturated carbocycles. The minimum atomic E-state index is -3.77. The Labute approximate surface area is 83.2 Å². The Balaban J connectivity index is 4.89. The van der Waals surface area contributed by atoms with Gasteiger partial charge in [0.2, 0.25) is 5.91 Å². The number of primary amides is 1. The van der Waals surface area contributed by atoms with E-state index in [1.165, 1.54) is 13.8 Å². The Morgan fingerprint density at radius 2 is 2.00 bits per heavy atom. The zero-order chi connectivity index (χ0) is 11.6. The summed E-state index contributed by atoms with van der Waals surface area (Å²) in [5.41, 5.74) is 3.93. The van der Waals surface area contributed by atoms with Crippen molar-refractivity contribution in [2.75, 3.05) is 12.9 Å². The quantitative estimate of drug-likeness (QED) is 0.574. The minimum absolute atomic E-state index is 0.407. The third-order valence-electron chi connectivity index (χ3n) is 1.65. The van der Waals surface area contributed by atoms with Gasteiger partial charge in [0, 0.05) is 5.41 Å². The number of hydrogen-bond acceptors (Lipinski definition) is 5. The second-order valence-corrected chi connectivity index (χ2v) is 5.33. The molecule has 84 valence electrons. The summed E-state index contributed by atoms with van der Waals surface area (Å²) < 4.78 is 26.1. The van der Waals surface area contributed by atoms with Crippen LogP contribution in [-0.4, -0.2) is 38.4 Å². The van der Waals surface area contributed by atoms with Crippen LogP contribution in [0.4, 0.5) is 0 Å². The van der Waals surface area contributed by atoms with Gasteiger partial charge in [0.05, 0.1) is 12.9 Å². The molecule has 0 spiro atoms. The molecule has 0 bridgehead atoms. The molecule has 0 aromatic carbocycles. The molecule has 0 radical (unpaired) electrons. The Morgan fingerprint density at radius 3 is 2.21 bits per heavy atom. The average Bonchev–Trinajstić information content (AvgIpc) is 1.98. The summed E-state index contributed by atoms with van der Waals surface area (Å²) in [6.45, 7) is 2.55. The molecule has 0 aliphatic heterocycles. The van der Waals surface area contributed by atoms with Gasteiger partial charge in [-0.3, -0.25) is 8.98 Å². The fourth-order valence-corrected chi connectivity index (χ4v) is 1.53. The number of rotatable bonds is 5. The Morgan fingerprint density at radius 1 is 1.57 bits per heavy atom. The van der Waals surface area contributed by atoms with Gasteiger partial charge in [-0.05, 0) is 0 Å². The van der Waals surface area contributed by atoms with Gasteiger partial charge in [-0.2, -0.15) is 8.42 Å². The third kappa shape index (κ3) is 4.03. The number of aliphatic hydroxyl groups excluding tert-OH is 1. The molecule has 7 heteroatoms. The van der Waals surface area contributed by atoms with Crippen molar-refractivity contribution in [2.45, 2.75) is 20.0 Å². The second-order valence-electron chi connectivity index (χ2n) is 3.73. The molecule has 0 fully saturated rings. The van der Waals surface area contributed by atoms with E-state index in [-0.39, 0.29) is 0 Å². The summed E-state index contributed by atoms with van der Waals surface area (Å²) in [7, 11) is -3.77. The van der Waals surface area contributed by atoms with E-state index in [4.69, 9.17) is 10.8 Å². The summed E-state index contributed by atoms with van der Waals surface area (Å²) in [5.74, 6) is -0.922. The number of amides is 1. The highest BCUT2D eigenvalue weighted by Gasteiger charge is 2.37. The van der Waals surface area contributed by atoms with Crippen molar-refractivity contribution in [3.05, 3.63) is 0 Å². The first kappa shape index (κ1) is 13.3. The van der Waals surface area contributed by atoms with Crippen molar-refractivity contribution in [3.63, 3.8) is 0 Å². The van der Waals surface area contributed by atoms with E-state index in [0.29, 0.717) is 0 Å². The van der Waals surface area contributed by atoms with Crippen LogP contribution in [-0.2, 0) is 19.1 Å². The number of aliphatic hydroxyl groups is 1. The van der Waals surface area contributed by atoms with Crippen molar-refractivity contribution in [1.29, 1.82) is 0 Å². The molecule has 0 aliphatic rings. The number of hydrogen-bond donors (Lipinski definition) is 2. The van der Waals surface area contributed by atoms with Crippen molar-refractivity contribution in [1.82, 2.24) is 0 Å². The molecule has 1 atom stereocenters. The molecule has 0 rings (SSSR count). The fraction of sp³-hybridized carbons (Fsp3) is 0.857. The maximum absolute atomic E-state index is 10.9. The Bertz CT molecular complexity index is 308. The topological polar surface area (TPSA) is 107 Å². The zero-order valence-electron chi connectivity index (χ0n) is 8.35. The molecule has 0 aromatic heterocycles. The average molecular weight is 225 g/mol. The monoisotopic (exact) mass is 225 g/mol. The van der Waals surface area contributed by atoms with Crippen molar-refractivity contribution < 1.29 is 22.5 Å². The molecule has 0 aliphatic carbocycles. The van der Waals surface area contributed by atoms with E-state index in [1.54, 1.807) is 0 Å². The van der Waals surface area contributed by atoms with Gasteiger partial charge in [-0.15, -0.1) is 0 Å². The summed E-state index contributed by atoms with van der Waals surface area (Å²) >= 11 is 0. The maximum atomic E-state index is 10.9. The van der Waals surface area contributed by atoms with Gasteiger partial charge >= 0.3 is 0 Å². The highest BCUT2D eigenvalue weighted by atomic mass is 32.2. The molecule has 3 N–H and O–H groups in total. The van der Waals surface area contributed by atoms with E-state index in [9.17, 15) is 13.2 Å². The SMILES string of the molecule is CC(C)(CO)[C@H](OS(C)(=O)=O)C(N)=O. The number of carbonyl (C=O) groups excluding carboxylic acids is 1. The third-order valence-corrected chi connectivity index (χ3v) is 2.19. The van der Waals surface area contributed by atoms with Crippen LogP contribution < -0.4 is 5.73 Å². The smallest absolute Gasteiger partial charge is 0.265 e. The lowest BCUT2D eigenvalue weighted by Crippen LogP contribution is -2.46. The van der Waals surface area contributed by atoms with E-state index in [2.05, 4.69) is 4.18 Å². The van der Waals surface area contributed by atoms with Crippen LogP contribution in [0.5, 0.6) is 0 Å². The van der Waals surface area contributed by atoms with Gasteiger partial charge in [0.1, 0.15) is 0 Å². The molecule has 0 unspecified atom stereocenters. The molecule has 0 aromatic rings. The first-order valence-electron chi connectivity index (χ1n) is 3.88. The Hall–Kier alpha value is -0.660. The van der Waals surface area contributed by atoms with E-state index in [1.807, 2.05) is 0 Å². The largest absolute Gasteiger partial charge is 0.396 e. The van der Waals surface area contributed by atoms with Gasteiger partial charge in [0.25, 0.3) is 10.1 Å². The van der Waals surface area contributed by atoms with Gasteiger partial charge < -0.3 is 10.8 Å². The Kier molecular flexibility index (Phi) is 4.04. The van der Waals surface area contributed by atoms with Gasteiger partial charge in [-0.25, -0.2) is 0 Å². The van der Waals surface area contributed by atoms with Crippen LogP contribution in [0.3, 0.4) is 0 Å². The molecule has 1 amide bonds. The molecular formula is C7H15NO5S. The first-order chi connectivity index (χ1) is 6.10. The van der Waals surface area contributed by atoms with Crippen LogP contribution >= 0.6 is 0 Å². The zero-order valence-corrected chi connectivity index (χ0v) is 9.17.